The first kappa shape index (κ1) is 7.35. The normalized spacial score (nSPS) is 24.9. The minimum absolute atomic E-state index is 0.421. The molecule has 0 amide bonds. The molecule has 1 N–H and O–H groups in total. The molecule has 0 spiro atoms. The van der Waals surface area contributed by atoms with Gasteiger partial charge in [-0.1, -0.05) is 0 Å². The van der Waals surface area contributed by atoms with Crippen LogP contribution in [0, 0.1) is 0 Å². The third-order valence-electron chi connectivity index (χ3n) is 1.65. The van der Waals surface area contributed by atoms with Crippen LogP contribution in [0.3, 0.4) is 0 Å². The summed E-state index contributed by atoms with van der Waals surface area (Å²) in [5.41, 5.74) is 1.12. The molecule has 0 fully saturated rings. The van der Waals surface area contributed by atoms with E-state index in [9.17, 15) is 5.11 Å². The summed E-state index contributed by atoms with van der Waals surface area (Å²) in [5, 5.41) is 9.34. The number of hydrogen-bond donors (Lipinski definition) is 1. The first-order valence-electron chi connectivity index (χ1n) is 3.54. The molecule has 56 valence electrons. The van der Waals surface area contributed by atoms with E-state index in [4.69, 9.17) is 0 Å². The zero-order valence-corrected chi connectivity index (χ0v) is 6.41. The second-order valence-corrected chi connectivity index (χ2v) is 2.47. The Kier molecular flexibility index (Phi) is 2.12. The van der Waals surface area contributed by atoms with Crippen LogP contribution < -0.4 is 0 Å². The lowest BCUT2D eigenvalue weighted by atomic mass is 10.2. The molecular formula is C8H13NO. The van der Waals surface area contributed by atoms with Gasteiger partial charge < -0.3 is 10.0 Å². The highest BCUT2D eigenvalue weighted by Gasteiger charge is 2.09. The molecule has 1 aliphatic heterocycles. The van der Waals surface area contributed by atoms with E-state index in [1.165, 1.54) is 0 Å². The second-order valence-electron chi connectivity index (χ2n) is 2.47. The fourth-order valence-electron chi connectivity index (χ4n) is 0.980. The van der Waals surface area contributed by atoms with Gasteiger partial charge in [-0.05, 0) is 31.6 Å². The summed E-state index contributed by atoms with van der Waals surface area (Å²) in [4.78, 5) is 1.87. The first-order valence-corrected chi connectivity index (χ1v) is 3.54. The number of aliphatic hydroxyl groups excluding tert-OH is 1. The van der Waals surface area contributed by atoms with Crippen molar-refractivity contribution >= 4 is 0 Å². The summed E-state index contributed by atoms with van der Waals surface area (Å²) in [6.45, 7) is 4.84. The van der Waals surface area contributed by atoms with Crippen molar-refractivity contribution in [3.05, 3.63) is 23.9 Å². The highest BCUT2D eigenvalue weighted by atomic mass is 16.3. The summed E-state index contributed by atoms with van der Waals surface area (Å²) < 4.78 is 0. The Morgan fingerprint density at radius 1 is 1.70 bits per heavy atom. The van der Waals surface area contributed by atoms with Gasteiger partial charge >= 0.3 is 0 Å². The van der Waals surface area contributed by atoms with Crippen molar-refractivity contribution in [3.8, 4) is 0 Å². The lowest BCUT2D eigenvalue weighted by Crippen LogP contribution is -2.30. The molecule has 1 atom stereocenters. The lowest BCUT2D eigenvalue weighted by Gasteiger charge is -2.25. The SMILES string of the molecule is CCN1C=CC(C)=CC1O. The Labute approximate surface area is 61.5 Å². The molecule has 0 saturated heterocycles. The average Bonchev–Trinajstić information content (AvgIpc) is 1.88. The largest absolute Gasteiger partial charge is 0.370 e. The van der Waals surface area contributed by atoms with E-state index in [2.05, 4.69) is 0 Å². The molecule has 2 nitrogen and oxygen atoms in total. The number of aliphatic hydroxyl groups is 1. The zero-order valence-electron chi connectivity index (χ0n) is 6.41. The fourth-order valence-corrected chi connectivity index (χ4v) is 0.980. The number of hydrogen-bond acceptors (Lipinski definition) is 2. The summed E-state index contributed by atoms with van der Waals surface area (Å²) in [6, 6.07) is 0. The summed E-state index contributed by atoms with van der Waals surface area (Å²) in [6.07, 6.45) is 5.33. The summed E-state index contributed by atoms with van der Waals surface area (Å²) >= 11 is 0. The van der Waals surface area contributed by atoms with Crippen molar-refractivity contribution < 1.29 is 5.11 Å². The summed E-state index contributed by atoms with van der Waals surface area (Å²) in [7, 11) is 0. The van der Waals surface area contributed by atoms with Crippen LogP contribution >= 0.6 is 0 Å². The van der Waals surface area contributed by atoms with Gasteiger partial charge in [0.05, 0.1) is 0 Å². The van der Waals surface area contributed by atoms with E-state index in [0.29, 0.717) is 0 Å². The van der Waals surface area contributed by atoms with Crippen LogP contribution in [0.4, 0.5) is 0 Å². The van der Waals surface area contributed by atoms with Gasteiger partial charge in [0.25, 0.3) is 0 Å². The summed E-state index contributed by atoms with van der Waals surface area (Å²) in [5.74, 6) is 0. The van der Waals surface area contributed by atoms with E-state index in [0.717, 1.165) is 12.1 Å². The third-order valence-corrected chi connectivity index (χ3v) is 1.65. The monoisotopic (exact) mass is 139 g/mol. The number of likely N-dealkylation sites (N-methyl/N-ethyl adjacent to an activating group) is 1. The van der Waals surface area contributed by atoms with Gasteiger partial charge in [0.2, 0.25) is 0 Å². The van der Waals surface area contributed by atoms with Crippen LogP contribution in [0.5, 0.6) is 0 Å². The molecule has 1 heterocycles. The third kappa shape index (κ3) is 1.39. The predicted molar refractivity (Wildman–Crippen MR) is 41.3 cm³/mol. The Bertz CT molecular complexity index is 172. The van der Waals surface area contributed by atoms with E-state index in [-0.39, 0.29) is 0 Å². The van der Waals surface area contributed by atoms with Crippen LogP contribution in [0.1, 0.15) is 13.8 Å². The van der Waals surface area contributed by atoms with E-state index in [1.54, 1.807) is 0 Å². The molecular weight excluding hydrogens is 126 g/mol. The molecule has 0 saturated carbocycles. The molecule has 0 aromatic heterocycles. The Balaban J connectivity index is 2.64. The number of rotatable bonds is 1. The molecule has 0 aliphatic carbocycles. The van der Waals surface area contributed by atoms with Crippen LogP contribution in [-0.2, 0) is 0 Å². The number of allylic oxidation sites excluding steroid dienone is 2. The van der Waals surface area contributed by atoms with Crippen LogP contribution in [-0.4, -0.2) is 22.8 Å². The Morgan fingerprint density at radius 3 is 2.90 bits per heavy atom. The molecule has 1 unspecified atom stereocenters. The molecule has 1 rings (SSSR count). The van der Waals surface area contributed by atoms with E-state index in [1.807, 2.05) is 37.1 Å². The Hall–Kier alpha value is -0.760. The second kappa shape index (κ2) is 2.88. The molecule has 0 bridgehead atoms. The smallest absolute Gasteiger partial charge is 0.146 e. The molecule has 0 aromatic rings. The van der Waals surface area contributed by atoms with Gasteiger partial charge in [-0.15, -0.1) is 0 Å². The quantitative estimate of drug-likeness (QED) is 0.588. The minimum Gasteiger partial charge on any atom is -0.370 e. The van der Waals surface area contributed by atoms with E-state index >= 15 is 0 Å². The maximum absolute atomic E-state index is 9.34. The molecule has 0 radical (unpaired) electrons. The van der Waals surface area contributed by atoms with Crippen LogP contribution in [0.15, 0.2) is 23.9 Å². The van der Waals surface area contributed by atoms with Gasteiger partial charge in [0, 0.05) is 12.7 Å². The van der Waals surface area contributed by atoms with Crippen LogP contribution in [0.2, 0.25) is 0 Å². The van der Waals surface area contributed by atoms with Gasteiger partial charge in [0.15, 0.2) is 0 Å². The van der Waals surface area contributed by atoms with Gasteiger partial charge in [-0.3, -0.25) is 0 Å². The highest BCUT2D eigenvalue weighted by molar-refractivity contribution is 5.21. The topological polar surface area (TPSA) is 23.5 Å². The van der Waals surface area contributed by atoms with Gasteiger partial charge in [-0.25, -0.2) is 0 Å². The van der Waals surface area contributed by atoms with E-state index < -0.39 is 6.23 Å². The van der Waals surface area contributed by atoms with Crippen LogP contribution in [0.25, 0.3) is 0 Å². The lowest BCUT2D eigenvalue weighted by molar-refractivity contribution is 0.0809. The zero-order chi connectivity index (χ0) is 7.56. The van der Waals surface area contributed by atoms with Crippen molar-refractivity contribution in [2.24, 2.45) is 0 Å². The Morgan fingerprint density at radius 2 is 2.40 bits per heavy atom. The molecule has 10 heavy (non-hydrogen) atoms. The average molecular weight is 139 g/mol. The van der Waals surface area contributed by atoms with Crippen molar-refractivity contribution in [2.75, 3.05) is 6.54 Å². The number of nitrogens with zero attached hydrogens (tertiary/aromatic N) is 1. The molecule has 0 aromatic carbocycles. The first-order chi connectivity index (χ1) is 4.74. The maximum atomic E-state index is 9.34. The van der Waals surface area contributed by atoms with Crippen molar-refractivity contribution in [2.45, 2.75) is 20.1 Å². The van der Waals surface area contributed by atoms with Crippen molar-refractivity contribution in [3.63, 3.8) is 0 Å². The fraction of sp³-hybridized carbons (Fsp3) is 0.500. The predicted octanol–water partition coefficient (Wildman–Crippen LogP) is 1.10. The van der Waals surface area contributed by atoms with Gasteiger partial charge in [-0.2, -0.15) is 0 Å². The minimum atomic E-state index is -0.421. The molecule has 1 aliphatic rings. The molecule has 2 heteroatoms. The van der Waals surface area contributed by atoms with Crippen molar-refractivity contribution in [1.29, 1.82) is 0 Å². The van der Waals surface area contributed by atoms with Gasteiger partial charge in [0.1, 0.15) is 6.23 Å². The standard InChI is InChI=1S/C8H13NO/c1-3-9-5-4-7(2)6-8(9)10/h4-6,8,10H,3H2,1-2H3. The van der Waals surface area contributed by atoms with Crippen molar-refractivity contribution in [1.82, 2.24) is 4.90 Å². The highest BCUT2D eigenvalue weighted by Crippen LogP contribution is 2.09. The maximum Gasteiger partial charge on any atom is 0.146 e.